The van der Waals surface area contributed by atoms with Gasteiger partial charge in [0.05, 0.1) is 35.0 Å². The van der Waals surface area contributed by atoms with E-state index >= 15 is 0 Å². The van der Waals surface area contributed by atoms with E-state index in [0.717, 1.165) is 16.6 Å². The van der Waals surface area contributed by atoms with Gasteiger partial charge in [0.25, 0.3) is 5.92 Å². The summed E-state index contributed by atoms with van der Waals surface area (Å²) in [6.07, 6.45) is 2.85. The molecule has 9 nitrogen and oxygen atoms in total. The summed E-state index contributed by atoms with van der Waals surface area (Å²) in [6, 6.07) is 7.67. The fourth-order valence-electron chi connectivity index (χ4n) is 5.63. The van der Waals surface area contributed by atoms with Crippen molar-refractivity contribution >= 4 is 22.8 Å². The molecule has 198 valence electrons. The number of hydrogen-bond acceptors (Lipinski definition) is 8. The standard InChI is InChI=1S/C26H33F2N7O2/c1-24(2,36)16-5-4-6-18(9-16)35-22-20(12-29-35)21(31-23(32-22)30-17-10-25(3,37)11-17)34-13-19(14-34)33-8-7-26(27,28)15-33/h4-6,9,12,17,19,36-37H,7-8,10-11,13-15H2,1-3H3,(H,30,31,32). The molecule has 3 fully saturated rings. The number of halogens is 2. The molecule has 0 unspecified atom stereocenters. The zero-order valence-corrected chi connectivity index (χ0v) is 21.3. The maximum absolute atomic E-state index is 13.7. The third kappa shape index (κ3) is 4.64. The first-order chi connectivity index (χ1) is 17.4. The Labute approximate surface area is 214 Å². The molecule has 0 atom stereocenters. The van der Waals surface area contributed by atoms with Crippen LogP contribution in [0.15, 0.2) is 30.5 Å². The first-order valence-corrected chi connectivity index (χ1v) is 12.8. The lowest BCUT2D eigenvalue weighted by Gasteiger charge is -2.45. The number of aromatic nitrogens is 4. The van der Waals surface area contributed by atoms with E-state index in [2.05, 4.69) is 15.3 Å². The topological polar surface area (TPSA) is 103 Å². The molecule has 2 aromatic heterocycles. The molecule has 3 aromatic rings. The number of aliphatic hydroxyl groups is 2. The summed E-state index contributed by atoms with van der Waals surface area (Å²) in [6.45, 7) is 6.73. The van der Waals surface area contributed by atoms with Gasteiger partial charge in [-0.25, -0.2) is 13.5 Å². The van der Waals surface area contributed by atoms with E-state index in [1.165, 1.54) is 0 Å². The lowest BCUT2D eigenvalue weighted by atomic mass is 9.77. The van der Waals surface area contributed by atoms with Crippen LogP contribution in [0.4, 0.5) is 20.5 Å². The van der Waals surface area contributed by atoms with Gasteiger partial charge in [0.15, 0.2) is 5.65 Å². The van der Waals surface area contributed by atoms with Crippen molar-refractivity contribution in [3.05, 3.63) is 36.0 Å². The van der Waals surface area contributed by atoms with Crippen molar-refractivity contribution in [3.63, 3.8) is 0 Å². The maximum Gasteiger partial charge on any atom is 0.261 e. The van der Waals surface area contributed by atoms with Crippen LogP contribution in [0.1, 0.15) is 45.6 Å². The second-order valence-electron chi connectivity index (χ2n) is 11.7. The Morgan fingerprint density at radius 2 is 1.92 bits per heavy atom. The SMILES string of the molecule is CC1(O)CC(Nc2nc(N3CC(N4CCC(F)(F)C4)C3)c3cnn(-c4cccc(C(C)(C)O)c4)c3n2)C1. The number of nitrogens with one attached hydrogen (secondary N) is 1. The van der Waals surface area contributed by atoms with Crippen LogP contribution in [0.2, 0.25) is 0 Å². The van der Waals surface area contributed by atoms with E-state index in [4.69, 9.17) is 9.97 Å². The van der Waals surface area contributed by atoms with Gasteiger partial charge in [-0.1, -0.05) is 12.1 Å². The van der Waals surface area contributed by atoms with Gasteiger partial charge in [-0.05, 0) is 51.3 Å². The summed E-state index contributed by atoms with van der Waals surface area (Å²) in [5, 5.41) is 29.4. The molecule has 3 aliphatic rings. The summed E-state index contributed by atoms with van der Waals surface area (Å²) in [7, 11) is 0. The van der Waals surface area contributed by atoms with Gasteiger partial charge in [-0.15, -0.1) is 0 Å². The molecule has 11 heteroatoms. The van der Waals surface area contributed by atoms with E-state index in [1.54, 1.807) is 24.7 Å². The fraction of sp³-hybridized carbons (Fsp3) is 0.577. The molecule has 0 radical (unpaired) electrons. The predicted octanol–water partition coefficient (Wildman–Crippen LogP) is 2.90. The summed E-state index contributed by atoms with van der Waals surface area (Å²) in [5.74, 6) is -1.45. The molecule has 2 saturated heterocycles. The van der Waals surface area contributed by atoms with Crippen LogP contribution in [-0.2, 0) is 5.60 Å². The molecular formula is C26H33F2N7O2. The highest BCUT2D eigenvalue weighted by atomic mass is 19.3. The van der Waals surface area contributed by atoms with Crippen molar-refractivity contribution in [2.75, 3.05) is 36.4 Å². The number of likely N-dealkylation sites (tertiary alicyclic amines) is 1. The zero-order chi connectivity index (χ0) is 26.2. The van der Waals surface area contributed by atoms with Crippen molar-refractivity contribution < 1.29 is 19.0 Å². The van der Waals surface area contributed by atoms with Crippen molar-refractivity contribution in [2.45, 2.75) is 69.2 Å². The van der Waals surface area contributed by atoms with Crippen LogP contribution in [0.5, 0.6) is 0 Å². The maximum atomic E-state index is 13.7. The van der Waals surface area contributed by atoms with Crippen LogP contribution in [0, 0.1) is 0 Å². The van der Waals surface area contributed by atoms with Gasteiger partial charge in [0, 0.05) is 38.1 Å². The molecule has 0 amide bonds. The third-order valence-corrected chi connectivity index (χ3v) is 7.79. The van der Waals surface area contributed by atoms with Crippen LogP contribution < -0.4 is 10.2 Å². The highest BCUT2D eigenvalue weighted by Gasteiger charge is 2.45. The molecule has 3 N–H and O–H groups in total. The molecular weight excluding hydrogens is 480 g/mol. The zero-order valence-electron chi connectivity index (χ0n) is 21.3. The minimum Gasteiger partial charge on any atom is -0.390 e. The third-order valence-electron chi connectivity index (χ3n) is 7.79. The second kappa shape index (κ2) is 8.31. The highest BCUT2D eigenvalue weighted by Crippen LogP contribution is 2.37. The molecule has 4 heterocycles. The smallest absolute Gasteiger partial charge is 0.261 e. The van der Waals surface area contributed by atoms with E-state index in [0.29, 0.717) is 49.9 Å². The van der Waals surface area contributed by atoms with Gasteiger partial charge in [-0.3, -0.25) is 4.90 Å². The number of anilines is 2. The highest BCUT2D eigenvalue weighted by molar-refractivity contribution is 5.89. The number of benzene rings is 1. The van der Waals surface area contributed by atoms with E-state index in [9.17, 15) is 19.0 Å². The number of rotatable bonds is 6. The van der Waals surface area contributed by atoms with Gasteiger partial charge >= 0.3 is 0 Å². The van der Waals surface area contributed by atoms with Crippen LogP contribution in [-0.4, -0.2) is 84.6 Å². The van der Waals surface area contributed by atoms with Crippen LogP contribution >= 0.6 is 0 Å². The van der Waals surface area contributed by atoms with Crippen molar-refractivity contribution in [2.24, 2.45) is 0 Å². The summed E-state index contributed by atoms with van der Waals surface area (Å²) >= 11 is 0. The quantitative estimate of drug-likeness (QED) is 0.463. The Bertz CT molecular complexity index is 1320. The van der Waals surface area contributed by atoms with E-state index < -0.39 is 17.1 Å². The normalized spacial score (nSPS) is 26.4. The molecule has 1 aliphatic carbocycles. The van der Waals surface area contributed by atoms with Crippen molar-refractivity contribution in [1.82, 2.24) is 24.6 Å². The summed E-state index contributed by atoms with van der Waals surface area (Å²) in [4.78, 5) is 13.6. The van der Waals surface area contributed by atoms with E-state index in [-0.39, 0.29) is 25.0 Å². The van der Waals surface area contributed by atoms with Crippen LogP contribution in [0.25, 0.3) is 16.7 Å². The monoisotopic (exact) mass is 513 g/mol. The Kier molecular flexibility index (Phi) is 5.49. The first kappa shape index (κ1) is 24.4. The van der Waals surface area contributed by atoms with Crippen molar-refractivity contribution in [3.8, 4) is 5.69 Å². The van der Waals surface area contributed by atoms with Crippen LogP contribution in [0.3, 0.4) is 0 Å². The number of hydrogen-bond donors (Lipinski definition) is 3. The van der Waals surface area contributed by atoms with E-state index in [1.807, 2.05) is 36.1 Å². The molecule has 0 bridgehead atoms. The Morgan fingerprint density at radius 3 is 2.57 bits per heavy atom. The predicted molar refractivity (Wildman–Crippen MR) is 136 cm³/mol. The van der Waals surface area contributed by atoms with Gasteiger partial charge in [0.2, 0.25) is 5.95 Å². The summed E-state index contributed by atoms with van der Waals surface area (Å²) in [5.41, 5.74) is 0.435. The van der Waals surface area contributed by atoms with Gasteiger partial charge in [-0.2, -0.15) is 15.1 Å². The lowest BCUT2D eigenvalue weighted by molar-refractivity contribution is -0.0236. The van der Waals surface area contributed by atoms with Crippen molar-refractivity contribution in [1.29, 1.82) is 0 Å². The number of fused-ring (bicyclic) bond motifs is 1. The van der Waals surface area contributed by atoms with Gasteiger partial charge in [0.1, 0.15) is 5.82 Å². The largest absolute Gasteiger partial charge is 0.390 e. The average Bonchev–Trinajstić information content (AvgIpc) is 3.34. The first-order valence-electron chi connectivity index (χ1n) is 12.8. The Balaban J connectivity index is 1.33. The molecule has 1 aromatic carbocycles. The minimum atomic E-state index is -2.61. The molecule has 1 saturated carbocycles. The minimum absolute atomic E-state index is 0.0613. The molecule has 0 spiro atoms. The second-order valence-corrected chi connectivity index (χ2v) is 11.7. The lowest BCUT2D eigenvalue weighted by Crippen LogP contribution is -2.59. The Morgan fingerprint density at radius 1 is 1.16 bits per heavy atom. The molecule has 2 aliphatic heterocycles. The fourth-order valence-corrected chi connectivity index (χ4v) is 5.63. The van der Waals surface area contributed by atoms with Gasteiger partial charge < -0.3 is 20.4 Å². The Hall–Kier alpha value is -2.89. The average molecular weight is 514 g/mol. The summed E-state index contributed by atoms with van der Waals surface area (Å²) < 4.78 is 29.2. The number of nitrogens with zero attached hydrogens (tertiary/aromatic N) is 6. The number of alkyl halides is 2. The molecule has 37 heavy (non-hydrogen) atoms. The molecule has 6 rings (SSSR count).